The van der Waals surface area contributed by atoms with E-state index in [1.165, 1.54) is 24.8 Å². The zero-order valence-corrected chi connectivity index (χ0v) is 18.3. The van der Waals surface area contributed by atoms with E-state index in [1.807, 2.05) is 30.3 Å². The Bertz CT molecular complexity index is 987. The standard InChI is InChI=1S/C24H29N3O4/c1-28-19-11-8-17(9-12-19)20-7-5-4-6-14-27(20)16-23-25-24(26-31-23)18-10-13-21(29-2)22(15-18)30-3/h8-13,15,20H,4-7,14,16H2,1-3H3/t20-/m1/s1. The lowest BCUT2D eigenvalue weighted by atomic mass is 10.0. The summed E-state index contributed by atoms with van der Waals surface area (Å²) in [6.07, 6.45) is 4.74. The molecule has 0 radical (unpaired) electrons. The average molecular weight is 424 g/mol. The van der Waals surface area contributed by atoms with Crippen molar-refractivity contribution in [1.82, 2.24) is 15.0 Å². The normalized spacial score (nSPS) is 17.2. The average Bonchev–Trinajstić information content (AvgIpc) is 3.16. The van der Waals surface area contributed by atoms with Crippen LogP contribution in [0.3, 0.4) is 0 Å². The fraction of sp³-hybridized carbons (Fsp3) is 0.417. The van der Waals surface area contributed by atoms with Crippen LogP contribution in [0.5, 0.6) is 17.2 Å². The molecule has 0 N–H and O–H groups in total. The fourth-order valence-electron chi connectivity index (χ4n) is 4.15. The third-order valence-electron chi connectivity index (χ3n) is 5.81. The zero-order chi connectivity index (χ0) is 21.6. The summed E-state index contributed by atoms with van der Waals surface area (Å²) in [5.41, 5.74) is 2.12. The number of hydrogen-bond acceptors (Lipinski definition) is 7. The predicted molar refractivity (Wildman–Crippen MR) is 117 cm³/mol. The van der Waals surface area contributed by atoms with E-state index in [0.29, 0.717) is 35.8 Å². The molecule has 3 aromatic rings. The molecule has 1 atom stereocenters. The van der Waals surface area contributed by atoms with Crippen LogP contribution in [-0.4, -0.2) is 42.9 Å². The summed E-state index contributed by atoms with van der Waals surface area (Å²) in [6.45, 7) is 1.63. The number of rotatable bonds is 7. The molecule has 0 saturated carbocycles. The van der Waals surface area contributed by atoms with E-state index >= 15 is 0 Å². The van der Waals surface area contributed by atoms with Gasteiger partial charge in [0.15, 0.2) is 11.5 Å². The number of benzene rings is 2. The second kappa shape index (κ2) is 9.83. The van der Waals surface area contributed by atoms with Crippen LogP contribution in [0.1, 0.15) is 43.2 Å². The molecule has 2 aromatic carbocycles. The van der Waals surface area contributed by atoms with Crippen molar-refractivity contribution in [1.29, 1.82) is 0 Å². The van der Waals surface area contributed by atoms with Crippen LogP contribution >= 0.6 is 0 Å². The summed E-state index contributed by atoms with van der Waals surface area (Å²) >= 11 is 0. The minimum atomic E-state index is 0.324. The Balaban J connectivity index is 1.54. The molecule has 0 spiro atoms. The van der Waals surface area contributed by atoms with Gasteiger partial charge in [0.05, 0.1) is 27.9 Å². The second-order valence-corrected chi connectivity index (χ2v) is 7.69. The first-order valence-corrected chi connectivity index (χ1v) is 10.6. The van der Waals surface area contributed by atoms with E-state index in [-0.39, 0.29) is 0 Å². The van der Waals surface area contributed by atoms with E-state index in [1.54, 1.807) is 21.3 Å². The molecule has 1 aliphatic rings. The van der Waals surface area contributed by atoms with Gasteiger partial charge in [0, 0.05) is 11.6 Å². The maximum Gasteiger partial charge on any atom is 0.241 e. The highest BCUT2D eigenvalue weighted by atomic mass is 16.5. The number of likely N-dealkylation sites (tertiary alicyclic amines) is 1. The summed E-state index contributed by atoms with van der Waals surface area (Å²) in [7, 11) is 4.92. The van der Waals surface area contributed by atoms with E-state index in [4.69, 9.17) is 18.7 Å². The Morgan fingerprint density at radius 2 is 1.74 bits per heavy atom. The Morgan fingerprint density at radius 1 is 0.935 bits per heavy atom. The number of aromatic nitrogens is 2. The number of methoxy groups -OCH3 is 3. The quantitative estimate of drug-likeness (QED) is 0.536. The van der Waals surface area contributed by atoms with Crippen LogP contribution in [0.15, 0.2) is 47.0 Å². The molecule has 164 valence electrons. The molecule has 1 aliphatic heterocycles. The summed E-state index contributed by atoms with van der Waals surface area (Å²) in [5.74, 6) is 3.35. The summed E-state index contributed by atoms with van der Waals surface area (Å²) in [4.78, 5) is 7.10. The Labute approximate surface area is 182 Å². The van der Waals surface area contributed by atoms with Gasteiger partial charge in [-0.3, -0.25) is 4.90 Å². The molecule has 7 heteroatoms. The number of nitrogens with zero attached hydrogens (tertiary/aromatic N) is 3. The monoisotopic (exact) mass is 423 g/mol. The van der Waals surface area contributed by atoms with Crippen LogP contribution in [0.2, 0.25) is 0 Å². The van der Waals surface area contributed by atoms with Crippen LogP contribution in [0, 0.1) is 0 Å². The molecule has 1 saturated heterocycles. The van der Waals surface area contributed by atoms with Gasteiger partial charge in [0.2, 0.25) is 11.7 Å². The molecule has 7 nitrogen and oxygen atoms in total. The molecule has 31 heavy (non-hydrogen) atoms. The molecule has 0 bridgehead atoms. The molecule has 4 rings (SSSR count). The first-order valence-electron chi connectivity index (χ1n) is 10.6. The highest BCUT2D eigenvalue weighted by Crippen LogP contribution is 2.33. The van der Waals surface area contributed by atoms with Crippen molar-refractivity contribution in [2.45, 2.75) is 38.3 Å². The van der Waals surface area contributed by atoms with Crippen molar-refractivity contribution in [3.63, 3.8) is 0 Å². The van der Waals surface area contributed by atoms with E-state index in [9.17, 15) is 0 Å². The van der Waals surface area contributed by atoms with Gasteiger partial charge in [-0.05, 0) is 55.3 Å². The first kappa shape index (κ1) is 21.2. The molecule has 0 unspecified atom stereocenters. The highest BCUT2D eigenvalue weighted by molar-refractivity contribution is 5.60. The van der Waals surface area contributed by atoms with Gasteiger partial charge in [0.25, 0.3) is 0 Å². The number of hydrogen-bond donors (Lipinski definition) is 0. The van der Waals surface area contributed by atoms with E-state index in [0.717, 1.165) is 24.3 Å². The fourth-order valence-corrected chi connectivity index (χ4v) is 4.15. The van der Waals surface area contributed by atoms with Gasteiger partial charge < -0.3 is 18.7 Å². The zero-order valence-electron chi connectivity index (χ0n) is 18.3. The van der Waals surface area contributed by atoms with E-state index < -0.39 is 0 Å². The number of ether oxygens (including phenoxy) is 3. The molecular formula is C24H29N3O4. The van der Waals surface area contributed by atoms with Gasteiger partial charge in [-0.1, -0.05) is 30.1 Å². The lowest BCUT2D eigenvalue weighted by Gasteiger charge is -2.29. The van der Waals surface area contributed by atoms with Gasteiger partial charge in [-0.15, -0.1) is 0 Å². The largest absolute Gasteiger partial charge is 0.497 e. The van der Waals surface area contributed by atoms with Crippen molar-refractivity contribution in [3.05, 3.63) is 53.9 Å². The lowest BCUT2D eigenvalue weighted by Crippen LogP contribution is -2.28. The molecule has 0 amide bonds. The van der Waals surface area contributed by atoms with Crippen molar-refractivity contribution >= 4 is 0 Å². The summed E-state index contributed by atoms with van der Waals surface area (Å²) in [6, 6.07) is 14.3. The molecule has 1 aromatic heterocycles. The van der Waals surface area contributed by atoms with Crippen LogP contribution < -0.4 is 14.2 Å². The first-order chi connectivity index (χ1) is 15.2. The van der Waals surface area contributed by atoms with Crippen molar-refractivity contribution < 1.29 is 18.7 Å². The summed E-state index contributed by atoms with van der Waals surface area (Å²) < 4.78 is 21.6. The third kappa shape index (κ3) is 4.82. The van der Waals surface area contributed by atoms with Crippen molar-refractivity contribution in [2.24, 2.45) is 0 Å². The molecule has 0 aliphatic carbocycles. The topological polar surface area (TPSA) is 69.9 Å². The Hall–Kier alpha value is -3.06. The van der Waals surface area contributed by atoms with Crippen LogP contribution in [0.4, 0.5) is 0 Å². The van der Waals surface area contributed by atoms with Crippen LogP contribution in [0.25, 0.3) is 11.4 Å². The molecule has 2 heterocycles. The van der Waals surface area contributed by atoms with Crippen molar-refractivity contribution in [2.75, 3.05) is 27.9 Å². The molecule has 1 fully saturated rings. The van der Waals surface area contributed by atoms with Gasteiger partial charge in [-0.2, -0.15) is 4.98 Å². The smallest absolute Gasteiger partial charge is 0.241 e. The lowest BCUT2D eigenvalue weighted by molar-refractivity contribution is 0.168. The SMILES string of the molecule is COc1ccc([C@H]2CCCCCN2Cc2nc(-c3ccc(OC)c(OC)c3)no2)cc1. The minimum Gasteiger partial charge on any atom is -0.497 e. The minimum absolute atomic E-state index is 0.324. The van der Waals surface area contributed by atoms with Gasteiger partial charge >= 0.3 is 0 Å². The predicted octanol–water partition coefficient (Wildman–Crippen LogP) is 4.88. The third-order valence-corrected chi connectivity index (χ3v) is 5.81. The van der Waals surface area contributed by atoms with E-state index in [2.05, 4.69) is 27.2 Å². The van der Waals surface area contributed by atoms with Crippen molar-refractivity contribution in [3.8, 4) is 28.6 Å². The Kier molecular flexibility index (Phi) is 6.72. The van der Waals surface area contributed by atoms with Gasteiger partial charge in [-0.25, -0.2) is 0 Å². The maximum atomic E-state index is 5.62. The van der Waals surface area contributed by atoms with Crippen LogP contribution in [-0.2, 0) is 6.54 Å². The Morgan fingerprint density at radius 3 is 2.48 bits per heavy atom. The molecular weight excluding hydrogens is 394 g/mol. The highest BCUT2D eigenvalue weighted by Gasteiger charge is 2.25. The second-order valence-electron chi connectivity index (χ2n) is 7.69. The van der Waals surface area contributed by atoms with Gasteiger partial charge in [0.1, 0.15) is 5.75 Å². The maximum absolute atomic E-state index is 5.62. The summed E-state index contributed by atoms with van der Waals surface area (Å²) in [5, 5.41) is 4.20.